The van der Waals surface area contributed by atoms with Gasteiger partial charge in [-0.05, 0) is 38.5 Å². The van der Waals surface area contributed by atoms with Crippen molar-refractivity contribution in [2.75, 3.05) is 7.11 Å². The van der Waals surface area contributed by atoms with Gasteiger partial charge in [-0.15, -0.1) is 11.3 Å². The summed E-state index contributed by atoms with van der Waals surface area (Å²) in [7, 11) is 1.43. The Hall–Kier alpha value is -2.22. The van der Waals surface area contributed by atoms with Gasteiger partial charge >= 0.3 is 5.97 Å². The van der Waals surface area contributed by atoms with Gasteiger partial charge in [-0.1, -0.05) is 0 Å². The van der Waals surface area contributed by atoms with Crippen LogP contribution in [0.15, 0.2) is 10.9 Å². The Kier molecular flexibility index (Phi) is 3.86. The fourth-order valence-corrected chi connectivity index (χ4v) is 6.00. The third-order valence-electron chi connectivity index (χ3n) is 6.56. The number of thiazole rings is 1. The van der Waals surface area contributed by atoms with Gasteiger partial charge in [0.2, 0.25) is 0 Å². The number of aromatic nitrogens is 3. The largest absolute Gasteiger partial charge is 0.469 e. The normalized spacial score (nSPS) is 28.6. The van der Waals surface area contributed by atoms with E-state index in [9.17, 15) is 9.59 Å². The van der Waals surface area contributed by atoms with Crippen LogP contribution in [0.1, 0.15) is 53.1 Å². The van der Waals surface area contributed by atoms with Gasteiger partial charge in [0.05, 0.1) is 23.7 Å². The maximum absolute atomic E-state index is 13.4. The third kappa shape index (κ3) is 2.38. The van der Waals surface area contributed by atoms with Gasteiger partial charge in [0.15, 0.2) is 5.69 Å². The van der Waals surface area contributed by atoms with Gasteiger partial charge in [-0.25, -0.2) is 4.98 Å². The molecule has 7 nitrogen and oxygen atoms in total. The van der Waals surface area contributed by atoms with Crippen LogP contribution in [0.4, 0.5) is 0 Å². The van der Waals surface area contributed by atoms with Crippen LogP contribution in [0, 0.1) is 5.41 Å². The van der Waals surface area contributed by atoms with E-state index in [4.69, 9.17) is 4.74 Å². The Labute approximate surface area is 161 Å². The van der Waals surface area contributed by atoms with Crippen molar-refractivity contribution >= 4 is 23.2 Å². The monoisotopic (exact) mass is 386 g/mol. The summed E-state index contributed by atoms with van der Waals surface area (Å²) < 4.78 is 5.21. The van der Waals surface area contributed by atoms with E-state index in [0.29, 0.717) is 18.5 Å². The second-order valence-corrected chi connectivity index (χ2v) is 8.57. The van der Waals surface area contributed by atoms with Crippen molar-refractivity contribution in [1.29, 1.82) is 0 Å². The number of hydrogen-bond donors (Lipinski definition) is 1. The van der Waals surface area contributed by atoms with E-state index in [1.165, 1.54) is 18.4 Å². The molecule has 2 fully saturated rings. The van der Waals surface area contributed by atoms with Crippen molar-refractivity contribution in [3.8, 4) is 0 Å². The number of aromatic amines is 1. The first kappa shape index (κ1) is 16.9. The Bertz CT molecular complexity index is 893. The second-order valence-electron chi connectivity index (χ2n) is 7.85. The molecule has 1 amide bonds. The van der Waals surface area contributed by atoms with Crippen molar-refractivity contribution < 1.29 is 14.3 Å². The van der Waals surface area contributed by atoms with Crippen LogP contribution in [-0.2, 0) is 28.8 Å². The van der Waals surface area contributed by atoms with Gasteiger partial charge in [0, 0.05) is 35.1 Å². The van der Waals surface area contributed by atoms with Gasteiger partial charge in [0.1, 0.15) is 0 Å². The molecule has 3 aliphatic rings. The zero-order valence-electron chi connectivity index (χ0n) is 15.2. The molecule has 0 saturated carbocycles. The second kappa shape index (κ2) is 6.15. The van der Waals surface area contributed by atoms with Gasteiger partial charge < -0.3 is 9.64 Å². The molecule has 0 aromatic carbocycles. The summed E-state index contributed by atoms with van der Waals surface area (Å²) in [6.07, 6.45) is 5.83. The standard InChI is InChI=1S/C19H22N4O3S/c1-26-18(25)19(7-11-9-27-10-20-11)8-12-5-6-15(19)23(12)17(24)16-13-3-2-4-14(13)21-22-16/h9-10,12,15H,2-8H2,1H3,(H,21,22)/t12-,15+,19+/m1/s1. The summed E-state index contributed by atoms with van der Waals surface area (Å²) in [5.41, 5.74) is 4.67. The number of rotatable bonds is 4. The molecule has 5 rings (SSSR count). The molecule has 1 aliphatic carbocycles. The molecule has 2 aliphatic heterocycles. The minimum Gasteiger partial charge on any atom is -0.469 e. The lowest BCUT2D eigenvalue weighted by atomic mass is 9.71. The van der Waals surface area contributed by atoms with E-state index in [1.807, 2.05) is 10.3 Å². The first-order chi connectivity index (χ1) is 13.1. The number of nitrogens with one attached hydrogen (secondary N) is 1. The van der Waals surface area contributed by atoms with Crippen LogP contribution < -0.4 is 0 Å². The van der Waals surface area contributed by atoms with Crippen molar-refractivity contribution in [2.45, 2.75) is 57.0 Å². The minimum atomic E-state index is -0.707. The molecule has 2 aromatic rings. The highest BCUT2D eigenvalue weighted by molar-refractivity contribution is 7.07. The van der Waals surface area contributed by atoms with Crippen molar-refractivity contribution in [3.63, 3.8) is 0 Å². The molecule has 2 saturated heterocycles. The molecule has 2 bridgehead atoms. The molecule has 3 atom stereocenters. The summed E-state index contributed by atoms with van der Waals surface area (Å²) in [5, 5.41) is 9.33. The zero-order valence-corrected chi connectivity index (χ0v) is 16.1. The number of carbonyl (C=O) groups excluding carboxylic acids is 2. The molecule has 8 heteroatoms. The average molecular weight is 386 g/mol. The van der Waals surface area contributed by atoms with E-state index in [1.54, 1.807) is 5.51 Å². The zero-order chi connectivity index (χ0) is 18.6. The van der Waals surface area contributed by atoms with Crippen LogP contribution in [0.2, 0.25) is 0 Å². The molecular formula is C19H22N4O3S. The van der Waals surface area contributed by atoms with Crippen LogP contribution in [0.25, 0.3) is 0 Å². The fourth-order valence-electron chi connectivity index (χ4n) is 5.44. The fraction of sp³-hybridized carbons (Fsp3) is 0.579. The predicted octanol–water partition coefficient (Wildman–Crippen LogP) is 2.13. The number of hydrogen-bond acceptors (Lipinski definition) is 6. The van der Waals surface area contributed by atoms with Crippen LogP contribution in [0.5, 0.6) is 0 Å². The summed E-state index contributed by atoms with van der Waals surface area (Å²) in [4.78, 5) is 32.6. The lowest BCUT2D eigenvalue weighted by Crippen LogP contribution is -2.47. The highest BCUT2D eigenvalue weighted by Crippen LogP contribution is 2.52. The number of aryl methyl sites for hydroxylation is 1. The Morgan fingerprint density at radius 3 is 3.07 bits per heavy atom. The van der Waals surface area contributed by atoms with E-state index in [-0.39, 0.29) is 24.0 Å². The molecule has 1 N–H and O–H groups in total. The minimum absolute atomic E-state index is 0.0362. The Morgan fingerprint density at radius 1 is 1.41 bits per heavy atom. The smallest absolute Gasteiger partial charge is 0.314 e. The van der Waals surface area contributed by atoms with E-state index in [0.717, 1.165) is 49.1 Å². The SMILES string of the molecule is COC(=O)[C@@]1(Cc2cscn2)C[C@H]2CC[C@@H]1N2C(=O)c1n[nH]c2c1CCC2. The third-order valence-corrected chi connectivity index (χ3v) is 7.19. The summed E-state index contributed by atoms with van der Waals surface area (Å²) in [6, 6.07) is -0.0908. The summed E-state index contributed by atoms with van der Waals surface area (Å²) in [6.45, 7) is 0. The van der Waals surface area contributed by atoms with Crippen LogP contribution in [-0.4, -0.2) is 51.2 Å². The highest BCUT2D eigenvalue weighted by atomic mass is 32.1. The first-order valence-corrected chi connectivity index (χ1v) is 10.4. The molecule has 0 radical (unpaired) electrons. The molecular weight excluding hydrogens is 364 g/mol. The van der Waals surface area contributed by atoms with E-state index in [2.05, 4.69) is 15.2 Å². The van der Waals surface area contributed by atoms with E-state index >= 15 is 0 Å². The lowest BCUT2D eigenvalue weighted by Gasteiger charge is -2.34. The van der Waals surface area contributed by atoms with Crippen molar-refractivity contribution in [3.05, 3.63) is 33.5 Å². The molecule has 0 unspecified atom stereocenters. The summed E-state index contributed by atoms with van der Waals surface area (Å²) >= 11 is 1.52. The quantitative estimate of drug-likeness (QED) is 0.814. The van der Waals surface area contributed by atoms with Crippen molar-refractivity contribution in [1.82, 2.24) is 20.1 Å². The molecule has 27 heavy (non-hydrogen) atoms. The molecule has 142 valence electrons. The number of ether oxygens (including phenoxy) is 1. The van der Waals surface area contributed by atoms with Gasteiger partial charge in [-0.2, -0.15) is 5.10 Å². The molecule has 2 aromatic heterocycles. The van der Waals surface area contributed by atoms with Crippen LogP contribution in [0.3, 0.4) is 0 Å². The number of nitrogens with zero attached hydrogens (tertiary/aromatic N) is 3. The lowest BCUT2D eigenvalue weighted by molar-refractivity contribution is -0.154. The first-order valence-electron chi connectivity index (χ1n) is 9.48. The Morgan fingerprint density at radius 2 is 2.30 bits per heavy atom. The van der Waals surface area contributed by atoms with Crippen LogP contribution >= 0.6 is 11.3 Å². The van der Waals surface area contributed by atoms with E-state index < -0.39 is 5.41 Å². The number of fused-ring (bicyclic) bond motifs is 3. The van der Waals surface area contributed by atoms with Crippen molar-refractivity contribution in [2.24, 2.45) is 5.41 Å². The Balaban J connectivity index is 1.50. The average Bonchev–Trinajstić information content (AvgIpc) is 3.45. The topological polar surface area (TPSA) is 88.2 Å². The summed E-state index contributed by atoms with van der Waals surface area (Å²) in [5.74, 6) is -0.265. The number of amides is 1. The van der Waals surface area contributed by atoms with Gasteiger partial charge in [-0.3, -0.25) is 14.7 Å². The highest BCUT2D eigenvalue weighted by Gasteiger charge is 2.62. The number of H-pyrrole nitrogens is 1. The number of carbonyl (C=O) groups is 2. The maximum Gasteiger partial charge on any atom is 0.314 e. The number of methoxy groups -OCH3 is 1. The molecule has 4 heterocycles. The number of esters is 1. The predicted molar refractivity (Wildman–Crippen MR) is 98.5 cm³/mol. The maximum atomic E-state index is 13.4. The molecule has 0 spiro atoms. The van der Waals surface area contributed by atoms with Gasteiger partial charge in [0.25, 0.3) is 5.91 Å².